The van der Waals surface area contributed by atoms with Crippen molar-refractivity contribution < 1.29 is 9.84 Å². The third-order valence-corrected chi connectivity index (χ3v) is 3.45. The van der Waals surface area contributed by atoms with Crippen LogP contribution in [0.4, 0.5) is 0 Å². The van der Waals surface area contributed by atoms with Gasteiger partial charge in [0.1, 0.15) is 18.1 Å². The van der Waals surface area contributed by atoms with Crippen LogP contribution in [0.25, 0.3) is 11.1 Å². The number of aromatic hydroxyl groups is 1. The number of aryl methyl sites for hydroxylation is 1. The molecule has 2 aromatic rings. The second-order valence-electron chi connectivity index (χ2n) is 4.85. The maximum Gasteiger partial charge on any atom is 0.123 e. The summed E-state index contributed by atoms with van der Waals surface area (Å²) in [4.78, 5) is 0. The van der Waals surface area contributed by atoms with Crippen molar-refractivity contribution in [3.8, 4) is 22.6 Å². The third-order valence-electron chi connectivity index (χ3n) is 3.45. The van der Waals surface area contributed by atoms with Gasteiger partial charge in [-0.2, -0.15) is 0 Å². The van der Waals surface area contributed by atoms with Crippen molar-refractivity contribution in [1.29, 1.82) is 0 Å². The van der Waals surface area contributed by atoms with Crippen molar-refractivity contribution >= 4 is 0 Å². The minimum Gasteiger partial charge on any atom is -0.508 e. The van der Waals surface area contributed by atoms with Gasteiger partial charge in [0.15, 0.2) is 0 Å². The molecule has 0 amide bonds. The first-order valence-electron chi connectivity index (χ1n) is 6.50. The zero-order chi connectivity index (χ0) is 13.2. The van der Waals surface area contributed by atoms with Crippen LogP contribution in [0.5, 0.6) is 11.5 Å². The molecular weight excluding hydrogens is 238 g/mol. The second kappa shape index (κ2) is 4.94. The smallest absolute Gasteiger partial charge is 0.123 e. The Bertz CT molecular complexity index is 608. The summed E-state index contributed by atoms with van der Waals surface area (Å²) in [5, 5.41) is 13.1. The molecule has 0 aliphatic carbocycles. The summed E-state index contributed by atoms with van der Waals surface area (Å²) in [6.07, 6.45) is 0. The van der Waals surface area contributed by atoms with E-state index in [1.165, 1.54) is 0 Å². The number of rotatable bonds is 1. The van der Waals surface area contributed by atoms with Gasteiger partial charge >= 0.3 is 0 Å². The van der Waals surface area contributed by atoms with Crippen molar-refractivity contribution in [3.05, 3.63) is 47.5 Å². The Kier molecular flexibility index (Phi) is 3.13. The molecule has 19 heavy (non-hydrogen) atoms. The van der Waals surface area contributed by atoms with Gasteiger partial charge in [0.25, 0.3) is 0 Å². The highest BCUT2D eigenvalue weighted by atomic mass is 16.5. The molecular formula is C16H17NO2. The van der Waals surface area contributed by atoms with E-state index < -0.39 is 0 Å². The van der Waals surface area contributed by atoms with E-state index in [4.69, 9.17) is 4.74 Å². The minimum atomic E-state index is 0.335. The maximum absolute atomic E-state index is 9.81. The number of hydrogen-bond acceptors (Lipinski definition) is 3. The third kappa shape index (κ3) is 2.42. The molecule has 2 N–H and O–H groups in total. The fourth-order valence-corrected chi connectivity index (χ4v) is 2.28. The van der Waals surface area contributed by atoms with Gasteiger partial charge < -0.3 is 15.2 Å². The lowest BCUT2D eigenvalue weighted by Gasteiger charge is -2.10. The summed E-state index contributed by atoms with van der Waals surface area (Å²) in [5.41, 5.74) is 4.18. The van der Waals surface area contributed by atoms with Crippen molar-refractivity contribution in [2.75, 3.05) is 13.2 Å². The number of benzene rings is 2. The summed E-state index contributed by atoms with van der Waals surface area (Å²) in [6.45, 7) is 4.29. The van der Waals surface area contributed by atoms with Crippen LogP contribution >= 0.6 is 0 Å². The van der Waals surface area contributed by atoms with Crippen LogP contribution in [-0.4, -0.2) is 18.3 Å². The summed E-state index contributed by atoms with van der Waals surface area (Å²) < 4.78 is 5.67. The molecule has 0 fully saturated rings. The van der Waals surface area contributed by atoms with Crippen LogP contribution in [0.2, 0.25) is 0 Å². The molecule has 0 atom stereocenters. The Morgan fingerprint density at radius 2 is 1.89 bits per heavy atom. The highest BCUT2D eigenvalue weighted by Crippen LogP contribution is 2.30. The van der Waals surface area contributed by atoms with E-state index in [1.54, 1.807) is 0 Å². The van der Waals surface area contributed by atoms with E-state index in [1.807, 2.05) is 37.3 Å². The molecule has 3 heteroatoms. The summed E-state index contributed by atoms with van der Waals surface area (Å²) >= 11 is 0. The summed E-state index contributed by atoms with van der Waals surface area (Å²) in [6, 6.07) is 11.9. The first kappa shape index (κ1) is 12.1. The monoisotopic (exact) mass is 255 g/mol. The predicted molar refractivity (Wildman–Crippen MR) is 75.5 cm³/mol. The average molecular weight is 255 g/mol. The van der Waals surface area contributed by atoms with Gasteiger partial charge in [-0.15, -0.1) is 0 Å². The predicted octanol–water partition coefficient (Wildman–Crippen LogP) is 2.85. The topological polar surface area (TPSA) is 41.5 Å². The van der Waals surface area contributed by atoms with E-state index >= 15 is 0 Å². The summed E-state index contributed by atoms with van der Waals surface area (Å²) in [7, 11) is 0. The number of phenolic OH excluding ortho intramolecular Hbond substituents is 1. The van der Waals surface area contributed by atoms with Crippen LogP contribution in [0.1, 0.15) is 11.1 Å². The van der Waals surface area contributed by atoms with Crippen LogP contribution in [0.3, 0.4) is 0 Å². The largest absolute Gasteiger partial charge is 0.508 e. The van der Waals surface area contributed by atoms with Crippen molar-refractivity contribution in [3.63, 3.8) is 0 Å². The highest BCUT2D eigenvalue weighted by Gasteiger charge is 2.10. The molecule has 0 spiro atoms. The fraction of sp³-hybridized carbons (Fsp3) is 0.250. The number of phenols is 1. The molecule has 0 saturated heterocycles. The molecule has 3 rings (SSSR count). The molecule has 3 nitrogen and oxygen atoms in total. The van der Waals surface area contributed by atoms with Gasteiger partial charge in [-0.25, -0.2) is 0 Å². The molecule has 1 aliphatic heterocycles. The van der Waals surface area contributed by atoms with Gasteiger partial charge in [-0.1, -0.05) is 18.2 Å². The van der Waals surface area contributed by atoms with Gasteiger partial charge in [0.05, 0.1) is 0 Å². The van der Waals surface area contributed by atoms with Gasteiger partial charge in [-0.05, 0) is 41.8 Å². The Hall–Kier alpha value is -2.00. The molecule has 1 heterocycles. The average Bonchev–Trinajstić information content (AvgIpc) is 2.66. The Morgan fingerprint density at radius 3 is 2.74 bits per heavy atom. The van der Waals surface area contributed by atoms with Crippen LogP contribution in [-0.2, 0) is 6.54 Å². The van der Waals surface area contributed by atoms with Crippen LogP contribution in [0, 0.1) is 6.92 Å². The standard InChI is InChI=1S/C16H17NO2/c1-11-2-3-13(9-15(11)18)12-4-5-16-14(8-12)10-17-6-7-19-16/h2-5,8-9,17-18H,6-7,10H2,1H3. The Morgan fingerprint density at radius 1 is 1.11 bits per heavy atom. The van der Waals surface area contributed by atoms with Gasteiger partial charge in [0.2, 0.25) is 0 Å². The van der Waals surface area contributed by atoms with Crippen LogP contribution < -0.4 is 10.1 Å². The molecule has 1 aliphatic rings. The van der Waals surface area contributed by atoms with Crippen molar-refractivity contribution in [1.82, 2.24) is 5.32 Å². The van der Waals surface area contributed by atoms with E-state index in [9.17, 15) is 5.11 Å². The molecule has 98 valence electrons. The highest BCUT2D eigenvalue weighted by molar-refractivity contribution is 5.68. The molecule has 2 aromatic carbocycles. The Labute approximate surface area is 112 Å². The van der Waals surface area contributed by atoms with Crippen LogP contribution in [0.15, 0.2) is 36.4 Å². The number of nitrogens with one attached hydrogen (secondary N) is 1. The Balaban J connectivity index is 2.01. The van der Waals surface area contributed by atoms with Crippen molar-refractivity contribution in [2.24, 2.45) is 0 Å². The summed E-state index contributed by atoms with van der Waals surface area (Å²) in [5.74, 6) is 1.28. The number of fused-ring (bicyclic) bond motifs is 1. The molecule has 0 aromatic heterocycles. The van der Waals surface area contributed by atoms with E-state index in [-0.39, 0.29) is 0 Å². The SMILES string of the molecule is Cc1ccc(-c2ccc3c(c2)CNCCO3)cc1O. The van der Waals surface area contributed by atoms with E-state index in [2.05, 4.69) is 11.4 Å². The lowest BCUT2D eigenvalue weighted by Crippen LogP contribution is -2.16. The van der Waals surface area contributed by atoms with E-state index in [0.717, 1.165) is 41.1 Å². The lowest BCUT2D eigenvalue weighted by molar-refractivity contribution is 0.326. The first-order chi connectivity index (χ1) is 9.24. The second-order valence-corrected chi connectivity index (χ2v) is 4.85. The zero-order valence-corrected chi connectivity index (χ0v) is 10.9. The molecule has 0 saturated carbocycles. The molecule has 0 radical (unpaired) electrons. The quantitative estimate of drug-likeness (QED) is 0.823. The lowest BCUT2D eigenvalue weighted by atomic mass is 10.0. The first-order valence-corrected chi connectivity index (χ1v) is 6.50. The van der Waals surface area contributed by atoms with E-state index in [0.29, 0.717) is 12.4 Å². The molecule has 0 unspecified atom stereocenters. The molecule has 0 bridgehead atoms. The van der Waals surface area contributed by atoms with Gasteiger partial charge in [-0.3, -0.25) is 0 Å². The zero-order valence-electron chi connectivity index (χ0n) is 10.9. The number of ether oxygens (including phenoxy) is 1. The fourth-order valence-electron chi connectivity index (χ4n) is 2.28. The number of hydrogen-bond donors (Lipinski definition) is 2. The van der Waals surface area contributed by atoms with Gasteiger partial charge in [0, 0.05) is 18.7 Å². The van der Waals surface area contributed by atoms with Crippen molar-refractivity contribution in [2.45, 2.75) is 13.5 Å². The maximum atomic E-state index is 9.81. The normalized spacial score (nSPS) is 14.4. The minimum absolute atomic E-state index is 0.335.